The van der Waals surface area contributed by atoms with Crippen molar-refractivity contribution < 1.29 is 0 Å². The van der Waals surface area contributed by atoms with Crippen molar-refractivity contribution in [3.63, 3.8) is 0 Å². The molecular formula is C10H18BrN3. The van der Waals surface area contributed by atoms with Gasteiger partial charge in [0.1, 0.15) is 12.2 Å². The van der Waals surface area contributed by atoms with E-state index < -0.39 is 0 Å². The van der Waals surface area contributed by atoms with E-state index in [0.29, 0.717) is 11.8 Å². The lowest BCUT2D eigenvalue weighted by Gasteiger charge is -2.17. The van der Waals surface area contributed by atoms with Gasteiger partial charge >= 0.3 is 0 Å². The first-order valence-corrected chi connectivity index (χ1v) is 6.23. The van der Waals surface area contributed by atoms with Crippen LogP contribution in [0.3, 0.4) is 0 Å². The molecule has 1 aromatic heterocycles. The second-order valence-electron chi connectivity index (χ2n) is 3.85. The van der Waals surface area contributed by atoms with Gasteiger partial charge in [0, 0.05) is 18.3 Å². The molecule has 0 aliphatic rings. The highest BCUT2D eigenvalue weighted by Crippen LogP contribution is 2.18. The molecule has 4 heteroatoms. The Labute approximate surface area is 94.0 Å². The summed E-state index contributed by atoms with van der Waals surface area (Å²) in [7, 11) is 0. The monoisotopic (exact) mass is 259 g/mol. The Morgan fingerprint density at radius 1 is 1.50 bits per heavy atom. The lowest BCUT2D eigenvalue weighted by molar-refractivity contribution is 0.408. The highest BCUT2D eigenvalue weighted by atomic mass is 79.9. The maximum Gasteiger partial charge on any atom is 0.138 e. The van der Waals surface area contributed by atoms with Crippen LogP contribution in [-0.4, -0.2) is 20.1 Å². The molecule has 0 amide bonds. The summed E-state index contributed by atoms with van der Waals surface area (Å²) in [5.41, 5.74) is 0. The first-order chi connectivity index (χ1) is 6.69. The fourth-order valence-corrected chi connectivity index (χ4v) is 2.39. The molecule has 14 heavy (non-hydrogen) atoms. The summed E-state index contributed by atoms with van der Waals surface area (Å²) < 4.78 is 1.97. The molecule has 0 aliphatic heterocycles. The Hall–Kier alpha value is -0.380. The molecule has 1 aromatic rings. The van der Waals surface area contributed by atoms with E-state index in [1.807, 2.05) is 4.68 Å². The maximum atomic E-state index is 4.29. The highest BCUT2D eigenvalue weighted by Gasteiger charge is 2.15. The highest BCUT2D eigenvalue weighted by molar-refractivity contribution is 9.09. The van der Waals surface area contributed by atoms with Crippen LogP contribution in [0.4, 0.5) is 0 Å². The quantitative estimate of drug-likeness (QED) is 0.761. The molecule has 0 spiro atoms. The Morgan fingerprint density at radius 2 is 2.21 bits per heavy atom. The summed E-state index contributed by atoms with van der Waals surface area (Å²) in [4.78, 5) is 4.29. The van der Waals surface area contributed by atoms with Gasteiger partial charge in [-0.2, -0.15) is 5.10 Å². The number of hydrogen-bond acceptors (Lipinski definition) is 2. The van der Waals surface area contributed by atoms with Crippen molar-refractivity contribution in [1.82, 2.24) is 14.8 Å². The van der Waals surface area contributed by atoms with E-state index >= 15 is 0 Å². The smallest absolute Gasteiger partial charge is 0.138 e. The molecule has 0 fully saturated rings. The van der Waals surface area contributed by atoms with E-state index in [1.54, 1.807) is 6.33 Å². The van der Waals surface area contributed by atoms with Crippen LogP contribution >= 0.6 is 15.9 Å². The number of aryl methyl sites for hydroxylation is 1. The molecule has 0 aromatic carbocycles. The summed E-state index contributed by atoms with van der Waals surface area (Å²) in [5, 5.41) is 5.20. The average molecular weight is 260 g/mol. The van der Waals surface area contributed by atoms with Gasteiger partial charge in [-0.25, -0.2) is 4.98 Å². The minimum absolute atomic E-state index is 0.643. The summed E-state index contributed by atoms with van der Waals surface area (Å²) in [6, 6.07) is 0. The van der Waals surface area contributed by atoms with E-state index in [9.17, 15) is 0 Å². The van der Waals surface area contributed by atoms with Gasteiger partial charge in [-0.05, 0) is 18.8 Å². The fourth-order valence-electron chi connectivity index (χ4n) is 1.41. The summed E-state index contributed by atoms with van der Waals surface area (Å²) >= 11 is 3.55. The molecule has 0 radical (unpaired) electrons. The Morgan fingerprint density at radius 3 is 2.71 bits per heavy atom. The van der Waals surface area contributed by atoms with Crippen LogP contribution in [0.15, 0.2) is 6.33 Å². The van der Waals surface area contributed by atoms with Crippen molar-refractivity contribution in [3.8, 4) is 0 Å². The van der Waals surface area contributed by atoms with Gasteiger partial charge < -0.3 is 0 Å². The summed E-state index contributed by atoms with van der Waals surface area (Å²) in [5.74, 6) is 2.42. The van der Waals surface area contributed by atoms with Gasteiger partial charge in [-0.1, -0.05) is 29.8 Å². The standard InChI is InChI=1S/C10H18BrN3/c1-4-14-10(12-7-13-14)5-9(6-11)8(2)3/h7-9H,4-6H2,1-3H3. The van der Waals surface area contributed by atoms with Crippen LogP contribution in [0.25, 0.3) is 0 Å². The van der Waals surface area contributed by atoms with E-state index in [0.717, 1.165) is 24.1 Å². The topological polar surface area (TPSA) is 30.7 Å². The summed E-state index contributed by atoms with van der Waals surface area (Å²) in [6.07, 6.45) is 2.65. The van der Waals surface area contributed by atoms with Gasteiger partial charge in [-0.3, -0.25) is 4.68 Å². The number of alkyl halides is 1. The van der Waals surface area contributed by atoms with Crippen molar-refractivity contribution in [2.45, 2.75) is 33.7 Å². The molecule has 0 bridgehead atoms. The van der Waals surface area contributed by atoms with Gasteiger partial charge in [0.25, 0.3) is 0 Å². The molecule has 0 saturated carbocycles. The van der Waals surface area contributed by atoms with E-state index in [4.69, 9.17) is 0 Å². The van der Waals surface area contributed by atoms with Gasteiger partial charge in [0.05, 0.1) is 0 Å². The van der Waals surface area contributed by atoms with Crippen molar-refractivity contribution >= 4 is 15.9 Å². The molecule has 80 valence electrons. The fraction of sp³-hybridized carbons (Fsp3) is 0.800. The number of halogens is 1. The Kier molecular flexibility index (Phi) is 4.58. The van der Waals surface area contributed by atoms with Crippen LogP contribution in [-0.2, 0) is 13.0 Å². The zero-order chi connectivity index (χ0) is 10.6. The van der Waals surface area contributed by atoms with Crippen molar-refractivity contribution in [3.05, 3.63) is 12.2 Å². The van der Waals surface area contributed by atoms with Gasteiger partial charge in [0.2, 0.25) is 0 Å². The van der Waals surface area contributed by atoms with E-state index in [1.165, 1.54) is 0 Å². The second-order valence-corrected chi connectivity index (χ2v) is 4.50. The third-order valence-electron chi connectivity index (χ3n) is 2.58. The minimum Gasteiger partial charge on any atom is -0.250 e. The van der Waals surface area contributed by atoms with Gasteiger partial charge in [-0.15, -0.1) is 0 Å². The predicted octanol–water partition coefficient (Wildman–Crippen LogP) is 2.51. The lowest BCUT2D eigenvalue weighted by Crippen LogP contribution is -2.17. The molecule has 1 unspecified atom stereocenters. The van der Waals surface area contributed by atoms with Crippen LogP contribution in [0.1, 0.15) is 26.6 Å². The Bertz CT molecular complexity index is 270. The molecule has 1 heterocycles. The molecule has 1 atom stereocenters. The number of aromatic nitrogens is 3. The number of hydrogen-bond donors (Lipinski definition) is 0. The van der Waals surface area contributed by atoms with E-state index in [-0.39, 0.29) is 0 Å². The lowest BCUT2D eigenvalue weighted by atomic mass is 9.94. The van der Waals surface area contributed by atoms with Crippen LogP contribution < -0.4 is 0 Å². The third kappa shape index (κ3) is 2.80. The second kappa shape index (κ2) is 5.49. The van der Waals surface area contributed by atoms with E-state index in [2.05, 4.69) is 46.8 Å². The average Bonchev–Trinajstić information content (AvgIpc) is 2.60. The SMILES string of the molecule is CCn1ncnc1CC(CBr)C(C)C. The molecule has 0 saturated heterocycles. The minimum atomic E-state index is 0.643. The number of nitrogens with zero attached hydrogens (tertiary/aromatic N) is 3. The molecule has 0 aliphatic carbocycles. The zero-order valence-corrected chi connectivity index (χ0v) is 10.7. The molecule has 3 nitrogen and oxygen atoms in total. The predicted molar refractivity (Wildman–Crippen MR) is 61.5 cm³/mol. The number of rotatable bonds is 5. The zero-order valence-electron chi connectivity index (χ0n) is 9.07. The van der Waals surface area contributed by atoms with Crippen LogP contribution in [0.5, 0.6) is 0 Å². The molecule has 1 rings (SSSR count). The van der Waals surface area contributed by atoms with Crippen molar-refractivity contribution in [1.29, 1.82) is 0 Å². The van der Waals surface area contributed by atoms with Crippen molar-refractivity contribution in [2.24, 2.45) is 11.8 Å². The van der Waals surface area contributed by atoms with Crippen molar-refractivity contribution in [2.75, 3.05) is 5.33 Å². The largest absolute Gasteiger partial charge is 0.250 e. The molecular weight excluding hydrogens is 242 g/mol. The van der Waals surface area contributed by atoms with Crippen LogP contribution in [0.2, 0.25) is 0 Å². The summed E-state index contributed by atoms with van der Waals surface area (Å²) in [6.45, 7) is 7.50. The first kappa shape index (κ1) is 11.7. The third-order valence-corrected chi connectivity index (χ3v) is 3.41. The van der Waals surface area contributed by atoms with Crippen LogP contribution in [0, 0.1) is 11.8 Å². The normalized spacial score (nSPS) is 13.5. The molecule has 0 N–H and O–H groups in total. The van der Waals surface area contributed by atoms with Gasteiger partial charge in [0.15, 0.2) is 0 Å². The maximum absolute atomic E-state index is 4.29. The first-order valence-electron chi connectivity index (χ1n) is 5.11. The Balaban J connectivity index is 2.66.